The van der Waals surface area contributed by atoms with Gasteiger partial charge in [0.25, 0.3) is 0 Å². The summed E-state index contributed by atoms with van der Waals surface area (Å²) < 4.78 is 30.7. The zero-order valence-corrected chi connectivity index (χ0v) is 27.8. The predicted molar refractivity (Wildman–Crippen MR) is 217 cm³/mol. The minimum Gasteiger partial charge on any atom is -0.207 e. The number of rotatable bonds is 2. The van der Waals surface area contributed by atoms with E-state index in [4.69, 9.17) is 0 Å². The largest absolute Gasteiger partial charge is 0.207 e. The SMILES string of the molecule is Fc1cccc(-c2c3cc4c(cc3c(-c3cccc(F)c3)c3c5cc6ccccc6c6cccc(c23)c65)c2cc3ccccc3c3cccc4c32)c1. The highest BCUT2D eigenvalue weighted by Gasteiger charge is 2.26. The van der Waals surface area contributed by atoms with Crippen LogP contribution < -0.4 is 0 Å². The van der Waals surface area contributed by atoms with E-state index in [1.54, 1.807) is 24.3 Å². The molecule has 0 aliphatic heterocycles. The smallest absolute Gasteiger partial charge is 0.123 e. The van der Waals surface area contributed by atoms with E-state index in [1.807, 2.05) is 12.1 Å². The summed E-state index contributed by atoms with van der Waals surface area (Å²) in [5.41, 5.74) is 3.63. The molecule has 0 fully saturated rings. The Morgan fingerprint density at radius 1 is 0.250 bits per heavy atom. The molecule has 0 radical (unpaired) electrons. The number of halogens is 2. The second-order valence-electron chi connectivity index (χ2n) is 14.2. The van der Waals surface area contributed by atoms with Gasteiger partial charge in [-0.3, -0.25) is 0 Å². The molecule has 0 aliphatic rings. The Balaban J connectivity index is 1.41. The highest BCUT2D eigenvalue weighted by atomic mass is 19.1. The number of benzene rings is 10. The monoisotopic (exact) mass is 664 g/mol. The Morgan fingerprint density at radius 3 is 1.25 bits per heavy atom. The topological polar surface area (TPSA) is 0 Å². The Labute approximate surface area is 296 Å². The lowest BCUT2D eigenvalue weighted by atomic mass is 9.85. The third-order valence-electron chi connectivity index (χ3n) is 11.6. The molecule has 0 bridgehead atoms. The third-order valence-corrected chi connectivity index (χ3v) is 11.6. The predicted octanol–water partition coefficient (Wildman–Crippen LogP) is 14.6. The molecular formula is C50H26F2. The fraction of sp³-hybridized carbons (Fsp3) is 0. The van der Waals surface area contributed by atoms with Crippen LogP contribution in [0.1, 0.15) is 0 Å². The van der Waals surface area contributed by atoms with Crippen LogP contribution in [-0.2, 0) is 0 Å². The van der Waals surface area contributed by atoms with Crippen LogP contribution in [0.15, 0.2) is 158 Å². The molecule has 0 N–H and O–H groups in total. The molecule has 2 heteroatoms. The zero-order valence-electron chi connectivity index (χ0n) is 27.8. The summed E-state index contributed by atoms with van der Waals surface area (Å²) in [6.45, 7) is 0. The lowest BCUT2D eigenvalue weighted by molar-refractivity contribution is 0.628. The van der Waals surface area contributed by atoms with E-state index < -0.39 is 0 Å². The summed E-state index contributed by atoms with van der Waals surface area (Å²) in [4.78, 5) is 0. The average molecular weight is 665 g/mol. The van der Waals surface area contributed by atoms with Gasteiger partial charge in [-0.05, 0) is 168 Å². The van der Waals surface area contributed by atoms with Gasteiger partial charge in [0.05, 0.1) is 0 Å². The van der Waals surface area contributed by atoms with Crippen molar-refractivity contribution in [3.8, 4) is 22.3 Å². The second kappa shape index (κ2) is 9.99. The maximum absolute atomic E-state index is 15.4. The van der Waals surface area contributed by atoms with Gasteiger partial charge < -0.3 is 0 Å². The molecule has 0 saturated heterocycles. The van der Waals surface area contributed by atoms with Crippen LogP contribution in [-0.4, -0.2) is 0 Å². The molecule has 0 heterocycles. The van der Waals surface area contributed by atoms with Gasteiger partial charge in [0, 0.05) is 0 Å². The molecule has 52 heavy (non-hydrogen) atoms. The minimum absolute atomic E-state index is 0.280. The highest BCUT2D eigenvalue weighted by Crippen LogP contribution is 2.54. The maximum Gasteiger partial charge on any atom is 0.123 e. The molecule has 12 rings (SSSR count). The molecular weight excluding hydrogens is 639 g/mol. The van der Waals surface area contributed by atoms with Crippen molar-refractivity contribution >= 4 is 97.0 Å². The highest BCUT2D eigenvalue weighted by molar-refractivity contribution is 6.44. The summed E-state index contributed by atoms with van der Waals surface area (Å²) in [6.07, 6.45) is 0. The standard InChI is InChI=1S/C50H26F2/c51-31-13-5-11-29(21-31)45-42-25-39-37-19-7-17-35-33-15-3-1-9-27(33)23-41(47(35)37)40(39)26-43(42)46(30-12-6-14-32(52)22-30)50-44-24-28-10-2-4-16-34(28)36-18-8-20-38(48(36)44)49(45)50/h1-26H. The zero-order chi connectivity index (χ0) is 34.2. The molecule has 12 aromatic rings. The van der Waals surface area contributed by atoms with Gasteiger partial charge in [-0.25, -0.2) is 8.78 Å². The van der Waals surface area contributed by atoms with Crippen LogP contribution >= 0.6 is 0 Å². The third kappa shape index (κ3) is 3.58. The Morgan fingerprint density at radius 2 is 0.673 bits per heavy atom. The van der Waals surface area contributed by atoms with Crippen molar-refractivity contribution in [2.45, 2.75) is 0 Å². The molecule has 0 aromatic heterocycles. The Kier molecular flexibility index (Phi) is 5.40. The number of fused-ring (bicyclic) bond motifs is 11. The summed E-state index contributed by atoms with van der Waals surface area (Å²) in [5.74, 6) is -0.560. The van der Waals surface area contributed by atoms with Gasteiger partial charge in [0.15, 0.2) is 0 Å². The molecule has 0 atom stereocenters. The van der Waals surface area contributed by atoms with Crippen LogP contribution in [0, 0.1) is 11.6 Å². The van der Waals surface area contributed by atoms with Crippen LogP contribution in [0.4, 0.5) is 8.78 Å². The van der Waals surface area contributed by atoms with Gasteiger partial charge in [-0.1, -0.05) is 109 Å². The van der Waals surface area contributed by atoms with E-state index in [2.05, 4.69) is 109 Å². The summed E-state index contributed by atoms with van der Waals surface area (Å²) in [5, 5.41) is 20.7. The van der Waals surface area contributed by atoms with Crippen LogP contribution in [0.25, 0.3) is 119 Å². The second-order valence-corrected chi connectivity index (χ2v) is 14.2. The van der Waals surface area contributed by atoms with Crippen LogP contribution in [0.3, 0.4) is 0 Å². The van der Waals surface area contributed by atoms with Crippen LogP contribution in [0.5, 0.6) is 0 Å². The Bertz CT molecular complexity index is 3480. The summed E-state index contributed by atoms with van der Waals surface area (Å²) in [6, 6.07) is 53.5. The van der Waals surface area contributed by atoms with Gasteiger partial charge >= 0.3 is 0 Å². The van der Waals surface area contributed by atoms with Crippen molar-refractivity contribution in [2.24, 2.45) is 0 Å². The molecule has 0 saturated carbocycles. The molecule has 0 spiro atoms. The van der Waals surface area contributed by atoms with Crippen molar-refractivity contribution in [1.29, 1.82) is 0 Å². The molecule has 0 nitrogen and oxygen atoms in total. The minimum atomic E-state index is -0.280. The van der Waals surface area contributed by atoms with Crippen LogP contribution in [0.2, 0.25) is 0 Å². The molecule has 240 valence electrons. The quantitative estimate of drug-likeness (QED) is 0.161. The van der Waals surface area contributed by atoms with Crippen molar-refractivity contribution < 1.29 is 8.78 Å². The van der Waals surface area contributed by atoms with Gasteiger partial charge in [-0.15, -0.1) is 0 Å². The fourth-order valence-corrected chi connectivity index (χ4v) is 9.57. The number of hydrogen-bond donors (Lipinski definition) is 0. The molecule has 12 aromatic carbocycles. The van der Waals surface area contributed by atoms with Gasteiger partial charge in [0.2, 0.25) is 0 Å². The van der Waals surface area contributed by atoms with E-state index in [9.17, 15) is 0 Å². The van der Waals surface area contributed by atoms with Crippen molar-refractivity contribution in [3.05, 3.63) is 169 Å². The summed E-state index contributed by atoms with van der Waals surface area (Å²) >= 11 is 0. The Hall–Kier alpha value is -6.64. The lowest BCUT2D eigenvalue weighted by Crippen LogP contribution is -1.91. The first kappa shape index (κ1) is 28.1. The van der Waals surface area contributed by atoms with Crippen molar-refractivity contribution in [2.75, 3.05) is 0 Å². The molecule has 0 unspecified atom stereocenters. The van der Waals surface area contributed by atoms with E-state index in [-0.39, 0.29) is 11.6 Å². The first-order chi connectivity index (χ1) is 25.6. The molecule has 0 amide bonds. The lowest BCUT2D eigenvalue weighted by Gasteiger charge is -2.17. The average Bonchev–Trinajstić information content (AvgIpc) is 3.66. The van der Waals surface area contributed by atoms with E-state index in [0.717, 1.165) is 70.7 Å². The first-order valence-electron chi connectivity index (χ1n) is 17.7. The summed E-state index contributed by atoms with van der Waals surface area (Å²) in [7, 11) is 0. The van der Waals surface area contributed by atoms with Gasteiger partial charge in [-0.2, -0.15) is 0 Å². The van der Waals surface area contributed by atoms with E-state index in [1.165, 1.54) is 60.6 Å². The first-order valence-corrected chi connectivity index (χ1v) is 17.7. The van der Waals surface area contributed by atoms with Crippen molar-refractivity contribution in [1.82, 2.24) is 0 Å². The van der Waals surface area contributed by atoms with E-state index in [0.29, 0.717) is 0 Å². The van der Waals surface area contributed by atoms with E-state index >= 15 is 8.78 Å². The fourth-order valence-electron chi connectivity index (χ4n) is 9.57. The maximum atomic E-state index is 15.4. The molecule has 0 aliphatic carbocycles. The normalized spacial score (nSPS) is 12.4. The van der Waals surface area contributed by atoms with Crippen molar-refractivity contribution in [3.63, 3.8) is 0 Å². The van der Waals surface area contributed by atoms with Gasteiger partial charge in [0.1, 0.15) is 11.6 Å². The number of hydrogen-bond acceptors (Lipinski definition) is 0.